The normalized spacial score (nSPS) is 21.9. The van der Waals surface area contributed by atoms with Gasteiger partial charge in [-0.2, -0.15) is 0 Å². The second-order valence-corrected chi connectivity index (χ2v) is 4.22. The van der Waals surface area contributed by atoms with Crippen LogP contribution in [0.15, 0.2) is 0 Å². The fourth-order valence-electron chi connectivity index (χ4n) is 1.76. The molecule has 0 bridgehead atoms. The number of hydrogen-bond donors (Lipinski definition) is 2. The molecule has 2 unspecified atom stereocenters. The number of rotatable bonds is 10. The molecule has 0 radical (unpaired) electrons. The zero-order chi connectivity index (χ0) is 12.3. The lowest BCUT2D eigenvalue weighted by molar-refractivity contribution is 0.00539. The molecular formula is C12H25NO4. The third-order valence-electron chi connectivity index (χ3n) is 2.66. The fraction of sp³-hybridized carbons (Fsp3) is 1.00. The largest absolute Gasteiger partial charge is 0.389 e. The summed E-state index contributed by atoms with van der Waals surface area (Å²) in [6.07, 6.45) is 2.13. The maximum Gasteiger partial charge on any atom is 0.0897 e. The van der Waals surface area contributed by atoms with Crippen molar-refractivity contribution in [1.82, 2.24) is 5.32 Å². The predicted octanol–water partition coefficient (Wildman–Crippen LogP) is 0.169. The van der Waals surface area contributed by atoms with Gasteiger partial charge in [0.05, 0.1) is 32.0 Å². The highest BCUT2D eigenvalue weighted by Crippen LogP contribution is 2.10. The lowest BCUT2D eigenvalue weighted by Crippen LogP contribution is -2.35. The van der Waals surface area contributed by atoms with Gasteiger partial charge in [-0.25, -0.2) is 0 Å². The number of ether oxygens (including phenoxy) is 3. The number of nitrogens with one attached hydrogen (secondary N) is 1. The van der Waals surface area contributed by atoms with Crippen LogP contribution in [0.2, 0.25) is 0 Å². The van der Waals surface area contributed by atoms with Crippen LogP contribution >= 0.6 is 0 Å². The molecule has 1 saturated heterocycles. The van der Waals surface area contributed by atoms with Crippen LogP contribution in [0.5, 0.6) is 0 Å². The first kappa shape index (κ1) is 14.9. The van der Waals surface area contributed by atoms with Gasteiger partial charge in [0.2, 0.25) is 0 Å². The average Bonchev–Trinajstić information content (AvgIpc) is 2.82. The Hall–Kier alpha value is -0.200. The highest BCUT2D eigenvalue weighted by Gasteiger charge is 2.15. The molecule has 0 aromatic rings. The van der Waals surface area contributed by atoms with Crippen LogP contribution in [0, 0.1) is 0 Å². The maximum atomic E-state index is 9.61. The minimum atomic E-state index is -0.460. The molecule has 5 heteroatoms. The summed E-state index contributed by atoms with van der Waals surface area (Å²) in [7, 11) is 0. The smallest absolute Gasteiger partial charge is 0.0897 e. The monoisotopic (exact) mass is 247 g/mol. The van der Waals surface area contributed by atoms with Crippen molar-refractivity contribution in [2.75, 3.05) is 46.1 Å². The minimum absolute atomic E-state index is 0.320. The van der Waals surface area contributed by atoms with Crippen molar-refractivity contribution in [2.45, 2.75) is 32.0 Å². The average molecular weight is 247 g/mol. The Morgan fingerprint density at radius 3 is 2.94 bits per heavy atom. The Kier molecular flexibility index (Phi) is 8.56. The molecular weight excluding hydrogens is 222 g/mol. The van der Waals surface area contributed by atoms with Gasteiger partial charge < -0.3 is 24.6 Å². The molecule has 5 nitrogen and oxygen atoms in total. The molecule has 0 amide bonds. The van der Waals surface area contributed by atoms with Crippen molar-refractivity contribution in [1.29, 1.82) is 0 Å². The van der Waals surface area contributed by atoms with Gasteiger partial charge in [-0.05, 0) is 19.8 Å². The van der Waals surface area contributed by atoms with E-state index in [4.69, 9.17) is 14.2 Å². The second-order valence-electron chi connectivity index (χ2n) is 4.22. The standard InChI is InChI=1S/C12H25NO4/c1-2-15-6-7-16-10-11(14)8-13-9-12-4-3-5-17-12/h11-14H,2-10H2,1H3. The van der Waals surface area contributed by atoms with Gasteiger partial charge in [-0.3, -0.25) is 0 Å². The SMILES string of the molecule is CCOCCOCC(O)CNCC1CCCO1. The van der Waals surface area contributed by atoms with Gasteiger partial charge in [0.25, 0.3) is 0 Å². The van der Waals surface area contributed by atoms with E-state index in [1.165, 1.54) is 0 Å². The van der Waals surface area contributed by atoms with Crippen molar-refractivity contribution in [2.24, 2.45) is 0 Å². The van der Waals surface area contributed by atoms with Crippen LogP contribution in [0.1, 0.15) is 19.8 Å². The Balaban J connectivity index is 1.84. The topological polar surface area (TPSA) is 60.0 Å². The molecule has 0 spiro atoms. The first-order chi connectivity index (χ1) is 8.33. The molecule has 1 aliphatic heterocycles. The van der Waals surface area contributed by atoms with Gasteiger partial charge >= 0.3 is 0 Å². The van der Waals surface area contributed by atoms with E-state index in [0.717, 1.165) is 26.0 Å². The molecule has 0 aromatic carbocycles. The number of aliphatic hydroxyl groups is 1. The molecule has 102 valence electrons. The summed E-state index contributed by atoms with van der Waals surface area (Å²) >= 11 is 0. The molecule has 1 heterocycles. The van der Waals surface area contributed by atoms with Gasteiger partial charge in [0.15, 0.2) is 0 Å². The lowest BCUT2D eigenvalue weighted by atomic mass is 10.2. The second kappa shape index (κ2) is 9.79. The highest BCUT2D eigenvalue weighted by atomic mass is 16.5. The zero-order valence-electron chi connectivity index (χ0n) is 10.7. The van der Waals surface area contributed by atoms with Crippen molar-refractivity contribution in [3.8, 4) is 0 Å². The Bertz CT molecular complexity index is 174. The van der Waals surface area contributed by atoms with E-state index in [-0.39, 0.29) is 0 Å². The van der Waals surface area contributed by atoms with Crippen LogP contribution in [0.3, 0.4) is 0 Å². The summed E-state index contributed by atoms with van der Waals surface area (Å²) in [5.74, 6) is 0. The third-order valence-corrected chi connectivity index (χ3v) is 2.66. The molecule has 0 aromatic heterocycles. The molecule has 1 rings (SSSR count). The van der Waals surface area contributed by atoms with Gasteiger partial charge in [0, 0.05) is 26.3 Å². The quantitative estimate of drug-likeness (QED) is 0.539. The molecule has 2 atom stereocenters. The zero-order valence-corrected chi connectivity index (χ0v) is 10.7. The van der Waals surface area contributed by atoms with Crippen LogP contribution in [-0.4, -0.2) is 63.4 Å². The van der Waals surface area contributed by atoms with Crippen LogP contribution in [0.25, 0.3) is 0 Å². The summed E-state index contributed by atoms with van der Waals surface area (Å²) < 4.78 is 15.9. The van der Waals surface area contributed by atoms with Crippen LogP contribution in [-0.2, 0) is 14.2 Å². The minimum Gasteiger partial charge on any atom is -0.389 e. The summed E-state index contributed by atoms with van der Waals surface area (Å²) in [5.41, 5.74) is 0. The number of aliphatic hydroxyl groups excluding tert-OH is 1. The van der Waals surface area contributed by atoms with Crippen LogP contribution in [0.4, 0.5) is 0 Å². The Labute approximate surface area is 103 Å². The highest BCUT2D eigenvalue weighted by molar-refractivity contribution is 4.68. The van der Waals surface area contributed by atoms with Gasteiger partial charge in [0.1, 0.15) is 0 Å². The third kappa shape index (κ3) is 7.68. The predicted molar refractivity (Wildman–Crippen MR) is 65.2 cm³/mol. The van der Waals surface area contributed by atoms with E-state index in [1.54, 1.807) is 0 Å². The molecule has 17 heavy (non-hydrogen) atoms. The first-order valence-electron chi connectivity index (χ1n) is 6.48. The molecule has 1 aliphatic rings. The van der Waals surface area contributed by atoms with Crippen molar-refractivity contribution < 1.29 is 19.3 Å². The lowest BCUT2D eigenvalue weighted by Gasteiger charge is -2.14. The van der Waals surface area contributed by atoms with Crippen LogP contribution < -0.4 is 5.32 Å². The first-order valence-corrected chi connectivity index (χ1v) is 6.48. The number of hydrogen-bond acceptors (Lipinski definition) is 5. The molecule has 1 fully saturated rings. The van der Waals surface area contributed by atoms with E-state index in [0.29, 0.717) is 39.1 Å². The Morgan fingerprint density at radius 2 is 2.24 bits per heavy atom. The molecule has 0 aliphatic carbocycles. The van der Waals surface area contributed by atoms with Crippen molar-refractivity contribution >= 4 is 0 Å². The molecule has 0 saturated carbocycles. The summed E-state index contributed by atoms with van der Waals surface area (Å²) in [6, 6.07) is 0. The summed E-state index contributed by atoms with van der Waals surface area (Å²) in [5, 5.41) is 12.8. The molecule has 2 N–H and O–H groups in total. The fourth-order valence-corrected chi connectivity index (χ4v) is 1.76. The van der Waals surface area contributed by atoms with Gasteiger partial charge in [-0.1, -0.05) is 0 Å². The van der Waals surface area contributed by atoms with Crippen molar-refractivity contribution in [3.05, 3.63) is 0 Å². The summed E-state index contributed by atoms with van der Waals surface area (Å²) in [6.45, 7) is 6.37. The van der Waals surface area contributed by atoms with Crippen molar-refractivity contribution in [3.63, 3.8) is 0 Å². The summed E-state index contributed by atoms with van der Waals surface area (Å²) in [4.78, 5) is 0. The Morgan fingerprint density at radius 1 is 1.41 bits per heavy atom. The van der Waals surface area contributed by atoms with Gasteiger partial charge in [-0.15, -0.1) is 0 Å². The maximum absolute atomic E-state index is 9.61. The van der Waals surface area contributed by atoms with E-state index in [9.17, 15) is 5.11 Å². The van der Waals surface area contributed by atoms with E-state index >= 15 is 0 Å². The van der Waals surface area contributed by atoms with E-state index in [2.05, 4.69) is 5.32 Å². The van der Waals surface area contributed by atoms with E-state index < -0.39 is 6.10 Å². The van der Waals surface area contributed by atoms with E-state index in [1.807, 2.05) is 6.92 Å².